The van der Waals surface area contributed by atoms with Gasteiger partial charge in [-0.05, 0) is 37.6 Å². The number of thiazole rings is 1. The van der Waals surface area contributed by atoms with E-state index in [1.165, 1.54) is 30.6 Å². The van der Waals surface area contributed by atoms with Crippen LogP contribution in [-0.4, -0.2) is 28.9 Å². The molecule has 2 aromatic rings. The maximum Gasteiger partial charge on any atom is 0.230 e. The zero-order valence-electron chi connectivity index (χ0n) is 12.9. The van der Waals surface area contributed by atoms with Crippen molar-refractivity contribution in [1.82, 2.24) is 9.88 Å². The molecule has 1 amide bonds. The summed E-state index contributed by atoms with van der Waals surface area (Å²) in [5.41, 5.74) is 1.86. The van der Waals surface area contributed by atoms with Gasteiger partial charge in [0.2, 0.25) is 5.91 Å². The van der Waals surface area contributed by atoms with Gasteiger partial charge in [0, 0.05) is 16.9 Å². The predicted octanol–water partition coefficient (Wildman–Crippen LogP) is 3.96. The molecule has 2 heterocycles. The average molecular weight is 350 g/mol. The first kappa shape index (κ1) is 16.4. The molecule has 122 valence electrons. The van der Waals surface area contributed by atoms with Crippen molar-refractivity contribution in [3.63, 3.8) is 0 Å². The van der Waals surface area contributed by atoms with Crippen LogP contribution in [0.5, 0.6) is 0 Å². The fourth-order valence-corrected chi connectivity index (χ4v) is 3.68. The van der Waals surface area contributed by atoms with Gasteiger partial charge in [0.1, 0.15) is 0 Å². The van der Waals surface area contributed by atoms with Crippen molar-refractivity contribution in [1.29, 1.82) is 0 Å². The molecule has 4 nitrogen and oxygen atoms in total. The summed E-state index contributed by atoms with van der Waals surface area (Å²) in [6.07, 6.45) is 4.13. The second-order valence-corrected chi connectivity index (χ2v) is 7.06. The lowest BCUT2D eigenvalue weighted by Gasteiger charge is -2.25. The number of piperidine rings is 1. The lowest BCUT2D eigenvalue weighted by Crippen LogP contribution is -2.29. The van der Waals surface area contributed by atoms with E-state index in [0.717, 1.165) is 30.9 Å². The maximum absolute atomic E-state index is 12.1. The summed E-state index contributed by atoms with van der Waals surface area (Å²) in [6.45, 7) is 3.16. The molecule has 0 radical (unpaired) electrons. The number of halogens is 1. The summed E-state index contributed by atoms with van der Waals surface area (Å²) in [7, 11) is 0. The van der Waals surface area contributed by atoms with Crippen molar-refractivity contribution in [2.75, 3.05) is 18.4 Å². The molecule has 6 heteroatoms. The van der Waals surface area contributed by atoms with Gasteiger partial charge in [0.05, 0.1) is 12.1 Å². The van der Waals surface area contributed by atoms with Gasteiger partial charge in [-0.15, -0.1) is 11.3 Å². The summed E-state index contributed by atoms with van der Waals surface area (Å²) in [4.78, 5) is 19.1. The number of likely N-dealkylation sites (tertiary alicyclic amines) is 1. The molecule has 23 heavy (non-hydrogen) atoms. The Labute approximate surface area is 145 Å². The minimum absolute atomic E-state index is 0.0861. The number of nitrogens with one attached hydrogen (secondary N) is 1. The highest BCUT2D eigenvalue weighted by Gasteiger charge is 2.13. The fraction of sp³-hybridized carbons (Fsp3) is 0.412. The van der Waals surface area contributed by atoms with Gasteiger partial charge in [-0.3, -0.25) is 9.69 Å². The van der Waals surface area contributed by atoms with Gasteiger partial charge in [-0.1, -0.05) is 36.2 Å². The molecule has 0 bridgehead atoms. The Balaban J connectivity index is 1.54. The zero-order valence-corrected chi connectivity index (χ0v) is 14.5. The van der Waals surface area contributed by atoms with Gasteiger partial charge in [-0.25, -0.2) is 4.98 Å². The number of anilines is 1. The number of hydrogen-bond acceptors (Lipinski definition) is 4. The molecule has 1 saturated heterocycles. The van der Waals surface area contributed by atoms with Crippen LogP contribution in [-0.2, 0) is 17.8 Å². The number of rotatable bonds is 5. The topological polar surface area (TPSA) is 45.2 Å². The van der Waals surface area contributed by atoms with Crippen molar-refractivity contribution in [3.8, 4) is 0 Å². The monoisotopic (exact) mass is 349 g/mol. The van der Waals surface area contributed by atoms with Crippen LogP contribution in [0.15, 0.2) is 29.6 Å². The first-order valence-corrected chi connectivity index (χ1v) is 9.16. The number of nitrogens with zero attached hydrogens (tertiary/aromatic N) is 2. The fourth-order valence-electron chi connectivity index (χ4n) is 2.76. The maximum atomic E-state index is 12.1. The number of aromatic nitrogens is 1. The molecule has 0 aliphatic carbocycles. The van der Waals surface area contributed by atoms with Gasteiger partial charge in [-0.2, -0.15) is 0 Å². The van der Waals surface area contributed by atoms with E-state index in [1.54, 1.807) is 6.07 Å². The lowest BCUT2D eigenvalue weighted by atomic mass is 10.1. The summed E-state index contributed by atoms with van der Waals surface area (Å²) in [6, 6.07) is 7.40. The third kappa shape index (κ3) is 4.77. The molecule has 0 saturated carbocycles. The van der Waals surface area contributed by atoms with E-state index >= 15 is 0 Å². The van der Waals surface area contributed by atoms with Crippen LogP contribution in [0, 0.1) is 0 Å². The number of carbonyl (C=O) groups is 1. The second-order valence-electron chi connectivity index (χ2n) is 5.80. The molecule has 1 fully saturated rings. The van der Waals surface area contributed by atoms with E-state index in [0.29, 0.717) is 10.2 Å². The SMILES string of the molecule is O=C(Cc1ccccc1Cl)Nc1nc(CN2CCCCC2)cs1. The minimum Gasteiger partial charge on any atom is -0.302 e. The Morgan fingerprint density at radius 1 is 1.26 bits per heavy atom. The number of amides is 1. The summed E-state index contributed by atoms with van der Waals surface area (Å²) < 4.78 is 0. The number of benzene rings is 1. The first-order chi connectivity index (χ1) is 11.2. The van der Waals surface area contributed by atoms with Crippen LogP contribution in [0.1, 0.15) is 30.5 Å². The normalized spacial score (nSPS) is 15.5. The lowest BCUT2D eigenvalue weighted by molar-refractivity contribution is -0.115. The van der Waals surface area contributed by atoms with E-state index < -0.39 is 0 Å². The van der Waals surface area contributed by atoms with Crippen molar-refractivity contribution in [2.45, 2.75) is 32.2 Å². The molecule has 1 N–H and O–H groups in total. The molecule has 1 aromatic heterocycles. The van der Waals surface area contributed by atoms with E-state index in [2.05, 4.69) is 15.2 Å². The molecule has 1 aliphatic rings. The third-order valence-electron chi connectivity index (χ3n) is 3.94. The van der Waals surface area contributed by atoms with Crippen LogP contribution in [0.3, 0.4) is 0 Å². The zero-order chi connectivity index (χ0) is 16.1. The van der Waals surface area contributed by atoms with Gasteiger partial charge < -0.3 is 5.32 Å². The van der Waals surface area contributed by atoms with Crippen molar-refractivity contribution >= 4 is 34.0 Å². The highest BCUT2D eigenvalue weighted by atomic mass is 35.5. The van der Waals surface area contributed by atoms with Crippen molar-refractivity contribution in [2.24, 2.45) is 0 Å². The Bertz CT molecular complexity index is 667. The molecular weight excluding hydrogens is 330 g/mol. The third-order valence-corrected chi connectivity index (χ3v) is 5.12. The molecule has 1 aromatic carbocycles. The predicted molar refractivity (Wildman–Crippen MR) is 95.0 cm³/mol. The standard InChI is InChI=1S/C17H20ClN3OS/c18-15-7-3-2-6-13(15)10-16(22)20-17-19-14(12-23-17)11-21-8-4-1-5-9-21/h2-3,6-7,12H,1,4-5,8-11H2,(H,19,20,22). The smallest absolute Gasteiger partial charge is 0.230 e. The Hall–Kier alpha value is -1.43. The largest absolute Gasteiger partial charge is 0.302 e. The van der Waals surface area contributed by atoms with Crippen LogP contribution in [0.4, 0.5) is 5.13 Å². The molecule has 1 aliphatic heterocycles. The minimum atomic E-state index is -0.0861. The van der Waals surface area contributed by atoms with Crippen molar-refractivity contribution in [3.05, 3.63) is 45.9 Å². The number of carbonyl (C=O) groups excluding carboxylic acids is 1. The molecule has 0 spiro atoms. The highest BCUT2D eigenvalue weighted by molar-refractivity contribution is 7.13. The number of hydrogen-bond donors (Lipinski definition) is 1. The first-order valence-electron chi connectivity index (χ1n) is 7.91. The highest BCUT2D eigenvalue weighted by Crippen LogP contribution is 2.20. The summed E-state index contributed by atoms with van der Waals surface area (Å²) >= 11 is 7.56. The van der Waals surface area contributed by atoms with E-state index in [9.17, 15) is 4.79 Å². The van der Waals surface area contributed by atoms with Crippen LogP contribution >= 0.6 is 22.9 Å². The van der Waals surface area contributed by atoms with Gasteiger partial charge in [0.25, 0.3) is 0 Å². The van der Waals surface area contributed by atoms with Crippen molar-refractivity contribution < 1.29 is 4.79 Å². The molecule has 0 unspecified atom stereocenters. The van der Waals surface area contributed by atoms with E-state index in [1.807, 2.05) is 23.6 Å². The molecule has 0 atom stereocenters. The molecular formula is C17H20ClN3OS. The second kappa shape index (κ2) is 7.90. The Kier molecular flexibility index (Phi) is 5.65. The van der Waals surface area contributed by atoms with E-state index in [-0.39, 0.29) is 12.3 Å². The van der Waals surface area contributed by atoms with Gasteiger partial charge in [0.15, 0.2) is 5.13 Å². The average Bonchev–Trinajstić information content (AvgIpc) is 2.97. The summed E-state index contributed by atoms with van der Waals surface area (Å²) in [5.74, 6) is -0.0861. The Morgan fingerprint density at radius 2 is 2.04 bits per heavy atom. The Morgan fingerprint density at radius 3 is 2.83 bits per heavy atom. The molecule has 3 rings (SSSR count). The quantitative estimate of drug-likeness (QED) is 0.888. The van der Waals surface area contributed by atoms with Crippen LogP contribution < -0.4 is 5.32 Å². The van der Waals surface area contributed by atoms with Crippen LogP contribution in [0.25, 0.3) is 0 Å². The van der Waals surface area contributed by atoms with Gasteiger partial charge >= 0.3 is 0 Å². The van der Waals surface area contributed by atoms with E-state index in [4.69, 9.17) is 11.6 Å². The van der Waals surface area contributed by atoms with Crippen LogP contribution in [0.2, 0.25) is 5.02 Å². The summed E-state index contributed by atoms with van der Waals surface area (Å²) in [5, 5.41) is 6.17.